The van der Waals surface area contributed by atoms with Crippen LogP contribution in [0.3, 0.4) is 0 Å². The summed E-state index contributed by atoms with van der Waals surface area (Å²) in [6, 6.07) is 6.73. The molecule has 7 nitrogen and oxygen atoms in total. The maximum absolute atomic E-state index is 13.3. The fourth-order valence-corrected chi connectivity index (χ4v) is 5.81. The van der Waals surface area contributed by atoms with E-state index in [0.717, 1.165) is 18.7 Å². The van der Waals surface area contributed by atoms with Crippen molar-refractivity contribution in [2.45, 2.75) is 44.8 Å². The van der Waals surface area contributed by atoms with Gasteiger partial charge in [-0.25, -0.2) is 8.42 Å². The van der Waals surface area contributed by atoms with Crippen molar-refractivity contribution in [2.75, 3.05) is 39.4 Å². The number of nitrogens with zero attached hydrogens (tertiary/aromatic N) is 3. The number of ether oxygens (including phenoxy) is 1. The lowest BCUT2D eigenvalue weighted by Gasteiger charge is -2.35. The molecule has 1 aromatic rings. The van der Waals surface area contributed by atoms with Crippen LogP contribution in [0.4, 0.5) is 0 Å². The summed E-state index contributed by atoms with van der Waals surface area (Å²) in [4.78, 5) is 17.2. The molecule has 8 heteroatoms. The molecule has 2 aliphatic heterocycles. The molecule has 156 valence electrons. The second kappa shape index (κ2) is 8.49. The van der Waals surface area contributed by atoms with Crippen LogP contribution in [0, 0.1) is 12.8 Å². The van der Waals surface area contributed by atoms with Gasteiger partial charge < -0.3 is 9.64 Å². The van der Waals surface area contributed by atoms with Crippen molar-refractivity contribution < 1.29 is 17.9 Å². The number of amides is 1. The molecule has 2 fully saturated rings. The first-order valence-electron chi connectivity index (χ1n) is 9.91. The highest BCUT2D eigenvalue weighted by Gasteiger charge is 2.47. The van der Waals surface area contributed by atoms with Gasteiger partial charge in [0.15, 0.2) is 0 Å². The molecule has 1 aromatic carbocycles. The Morgan fingerprint density at radius 1 is 1.18 bits per heavy atom. The van der Waals surface area contributed by atoms with E-state index in [1.54, 1.807) is 29.2 Å². The summed E-state index contributed by atoms with van der Waals surface area (Å²) in [5.74, 6) is -0.0338. The Balaban J connectivity index is 1.85. The van der Waals surface area contributed by atoms with E-state index in [9.17, 15) is 13.2 Å². The van der Waals surface area contributed by atoms with Crippen LogP contribution in [-0.2, 0) is 19.6 Å². The Morgan fingerprint density at radius 3 is 2.36 bits per heavy atom. The molecule has 2 aliphatic rings. The topological polar surface area (TPSA) is 70.2 Å². The second-order valence-electron chi connectivity index (χ2n) is 8.08. The van der Waals surface area contributed by atoms with Crippen molar-refractivity contribution in [3.05, 3.63) is 29.8 Å². The number of hydrogen-bond acceptors (Lipinski definition) is 5. The summed E-state index contributed by atoms with van der Waals surface area (Å²) in [5.41, 5.74) is 1.01. The van der Waals surface area contributed by atoms with Crippen LogP contribution in [0.15, 0.2) is 29.2 Å². The number of carbonyl (C=O) groups is 1. The van der Waals surface area contributed by atoms with Gasteiger partial charge in [0.2, 0.25) is 15.9 Å². The fraction of sp³-hybridized carbons (Fsp3) is 0.650. The molecule has 0 radical (unpaired) electrons. The average molecular weight is 410 g/mol. The Kier molecular flexibility index (Phi) is 6.44. The van der Waals surface area contributed by atoms with E-state index in [0.29, 0.717) is 26.3 Å². The molecular weight excluding hydrogens is 378 g/mol. The molecule has 0 unspecified atom stereocenters. The highest BCUT2D eigenvalue weighted by Crippen LogP contribution is 2.32. The number of hydrogen-bond donors (Lipinski definition) is 0. The minimum Gasteiger partial charge on any atom is -0.379 e. The zero-order valence-electron chi connectivity index (χ0n) is 17.2. The maximum Gasteiger partial charge on any atom is 0.244 e. The highest BCUT2D eigenvalue weighted by molar-refractivity contribution is 7.89. The minimum absolute atomic E-state index is 0.0150. The molecule has 1 amide bonds. The highest BCUT2D eigenvalue weighted by atomic mass is 32.2. The predicted molar refractivity (Wildman–Crippen MR) is 107 cm³/mol. The molecule has 28 heavy (non-hydrogen) atoms. The van der Waals surface area contributed by atoms with E-state index in [1.807, 2.05) is 27.7 Å². The first-order valence-corrected chi connectivity index (χ1v) is 11.4. The molecule has 2 heterocycles. The zero-order chi connectivity index (χ0) is 20.5. The summed E-state index contributed by atoms with van der Waals surface area (Å²) >= 11 is 0. The fourth-order valence-electron chi connectivity index (χ4n) is 4.02. The second-order valence-corrected chi connectivity index (χ2v) is 9.97. The molecule has 0 spiro atoms. The third-order valence-corrected chi connectivity index (χ3v) is 7.32. The molecule has 0 N–H and O–H groups in total. The van der Waals surface area contributed by atoms with Gasteiger partial charge in [0.25, 0.3) is 0 Å². The third kappa shape index (κ3) is 4.25. The first-order chi connectivity index (χ1) is 13.2. The molecule has 0 aromatic heterocycles. The molecule has 0 saturated carbocycles. The largest absolute Gasteiger partial charge is 0.379 e. The van der Waals surface area contributed by atoms with Gasteiger partial charge in [0.1, 0.15) is 6.17 Å². The normalized spacial score (nSPS) is 24.8. The van der Waals surface area contributed by atoms with Gasteiger partial charge in [0.05, 0.1) is 24.7 Å². The van der Waals surface area contributed by atoms with Gasteiger partial charge in [0, 0.05) is 25.7 Å². The van der Waals surface area contributed by atoms with Crippen LogP contribution in [-0.4, -0.2) is 80.0 Å². The lowest BCUT2D eigenvalue weighted by Crippen LogP contribution is -2.52. The van der Waals surface area contributed by atoms with Crippen molar-refractivity contribution in [1.82, 2.24) is 14.1 Å². The van der Waals surface area contributed by atoms with Crippen molar-refractivity contribution >= 4 is 15.9 Å². The van der Waals surface area contributed by atoms with Crippen LogP contribution in [0.1, 0.15) is 26.3 Å². The SMILES string of the molecule is Cc1ccc(S(=O)(=O)N2C[C@@H](C)N(C(=O)CN3CCOCC3)[C@H]2C(C)C)cc1. The van der Waals surface area contributed by atoms with Gasteiger partial charge in [-0.2, -0.15) is 4.31 Å². The van der Waals surface area contributed by atoms with Gasteiger partial charge in [-0.3, -0.25) is 9.69 Å². The third-order valence-electron chi connectivity index (χ3n) is 5.47. The quantitative estimate of drug-likeness (QED) is 0.738. The van der Waals surface area contributed by atoms with E-state index in [-0.39, 0.29) is 22.8 Å². The van der Waals surface area contributed by atoms with Gasteiger partial charge in [-0.05, 0) is 31.9 Å². The number of carbonyl (C=O) groups excluding carboxylic acids is 1. The number of rotatable bonds is 5. The van der Waals surface area contributed by atoms with Gasteiger partial charge in [-0.15, -0.1) is 0 Å². The van der Waals surface area contributed by atoms with Crippen molar-refractivity contribution in [3.63, 3.8) is 0 Å². The van der Waals surface area contributed by atoms with E-state index in [2.05, 4.69) is 4.90 Å². The van der Waals surface area contributed by atoms with Gasteiger partial charge in [-0.1, -0.05) is 31.5 Å². The molecule has 0 aliphatic carbocycles. The van der Waals surface area contributed by atoms with E-state index in [4.69, 9.17) is 4.74 Å². The molecule has 2 saturated heterocycles. The van der Waals surface area contributed by atoms with Crippen LogP contribution in [0.2, 0.25) is 0 Å². The van der Waals surface area contributed by atoms with E-state index < -0.39 is 16.2 Å². The van der Waals surface area contributed by atoms with Crippen LogP contribution in [0.25, 0.3) is 0 Å². The van der Waals surface area contributed by atoms with Crippen molar-refractivity contribution in [2.24, 2.45) is 5.92 Å². The standard InChI is InChI=1S/C20H31N3O4S/c1-15(2)20-22(28(25,26)18-7-5-16(3)6-8-18)13-17(4)23(20)19(24)14-21-9-11-27-12-10-21/h5-8,15,17,20H,9-14H2,1-4H3/t17-,20+/m1/s1. The van der Waals surface area contributed by atoms with E-state index in [1.165, 1.54) is 4.31 Å². The van der Waals surface area contributed by atoms with Crippen molar-refractivity contribution in [1.29, 1.82) is 0 Å². The monoisotopic (exact) mass is 409 g/mol. The van der Waals surface area contributed by atoms with Crippen LogP contribution >= 0.6 is 0 Å². The summed E-state index contributed by atoms with van der Waals surface area (Å²) in [6.45, 7) is 11.1. The Labute approximate surface area is 168 Å². The molecule has 0 bridgehead atoms. The lowest BCUT2D eigenvalue weighted by molar-refractivity contribution is -0.137. The van der Waals surface area contributed by atoms with Crippen LogP contribution in [0.5, 0.6) is 0 Å². The summed E-state index contributed by atoms with van der Waals surface area (Å²) in [5, 5.41) is 0. The average Bonchev–Trinajstić information content (AvgIpc) is 3.01. The Bertz CT molecular complexity index is 788. The number of benzene rings is 1. The number of sulfonamides is 1. The zero-order valence-corrected chi connectivity index (χ0v) is 18.0. The Hall–Kier alpha value is -1.48. The summed E-state index contributed by atoms with van der Waals surface area (Å²) < 4.78 is 33.5. The predicted octanol–water partition coefficient (Wildman–Crippen LogP) is 1.53. The first kappa shape index (κ1) is 21.2. The maximum atomic E-state index is 13.3. The van der Waals surface area contributed by atoms with Gasteiger partial charge >= 0.3 is 0 Å². The smallest absolute Gasteiger partial charge is 0.244 e. The van der Waals surface area contributed by atoms with Crippen LogP contribution < -0.4 is 0 Å². The molecular formula is C20H31N3O4S. The Morgan fingerprint density at radius 2 is 1.79 bits per heavy atom. The number of aryl methyl sites for hydroxylation is 1. The minimum atomic E-state index is -3.68. The van der Waals surface area contributed by atoms with E-state index >= 15 is 0 Å². The lowest BCUT2D eigenvalue weighted by atomic mass is 10.1. The molecule has 2 atom stereocenters. The summed E-state index contributed by atoms with van der Waals surface area (Å²) in [6.07, 6.45) is -0.477. The molecule has 3 rings (SSSR count). The number of morpholine rings is 1. The summed E-state index contributed by atoms with van der Waals surface area (Å²) in [7, 11) is -3.68. The van der Waals surface area contributed by atoms with Crippen molar-refractivity contribution in [3.8, 4) is 0 Å².